The Kier molecular flexibility index (Phi) is 1.86. The van der Waals surface area contributed by atoms with Gasteiger partial charge in [-0.1, -0.05) is 6.07 Å². The lowest BCUT2D eigenvalue weighted by Crippen LogP contribution is -2.00. The fourth-order valence-electron chi connectivity index (χ4n) is 2.23. The van der Waals surface area contributed by atoms with Gasteiger partial charge in [0.25, 0.3) is 0 Å². The highest BCUT2D eigenvalue weighted by molar-refractivity contribution is 7.92. The van der Waals surface area contributed by atoms with Gasteiger partial charge in [0, 0.05) is 11.1 Å². The fourth-order valence-corrected chi connectivity index (χ4v) is 4.00. The van der Waals surface area contributed by atoms with Crippen molar-refractivity contribution in [2.24, 2.45) is 0 Å². The highest BCUT2D eigenvalue weighted by Gasteiger charge is 2.28. The van der Waals surface area contributed by atoms with Gasteiger partial charge in [-0.15, -0.1) is 0 Å². The lowest BCUT2D eigenvalue weighted by molar-refractivity contribution is 0.600. The summed E-state index contributed by atoms with van der Waals surface area (Å²) in [5.74, 6) is 0.231. The standard InChI is InChI=1S/C12H11NO2S/c1-8-2-4-10-11(13-8)5-3-9-6-7-16(14,15)12(9)10/h2-5H,6-7H2,1H3. The maximum Gasteiger partial charge on any atom is 0.179 e. The van der Waals surface area contributed by atoms with Crippen molar-refractivity contribution in [2.45, 2.75) is 18.2 Å². The largest absolute Gasteiger partial charge is 0.253 e. The number of benzene rings is 1. The molecule has 0 saturated carbocycles. The number of pyridine rings is 1. The minimum absolute atomic E-state index is 0.231. The number of nitrogens with zero attached hydrogens (tertiary/aromatic N) is 1. The van der Waals surface area contributed by atoms with Crippen molar-refractivity contribution in [3.63, 3.8) is 0 Å². The van der Waals surface area contributed by atoms with Crippen molar-refractivity contribution in [3.05, 3.63) is 35.5 Å². The van der Waals surface area contributed by atoms with Gasteiger partial charge in [-0.25, -0.2) is 8.42 Å². The molecule has 0 aliphatic carbocycles. The van der Waals surface area contributed by atoms with Crippen LogP contribution >= 0.6 is 0 Å². The quantitative estimate of drug-likeness (QED) is 0.698. The molecule has 0 unspecified atom stereocenters. The molecule has 2 aromatic rings. The smallest absolute Gasteiger partial charge is 0.179 e. The number of hydrogen-bond donors (Lipinski definition) is 0. The second-order valence-corrected chi connectivity index (χ2v) is 6.19. The summed E-state index contributed by atoms with van der Waals surface area (Å²) in [5, 5.41) is 0.764. The van der Waals surface area contributed by atoms with E-state index in [1.165, 1.54) is 0 Å². The summed E-state index contributed by atoms with van der Waals surface area (Å²) in [4.78, 5) is 4.85. The summed E-state index contributed by atoms with van der Waals surface area (Å²) >= 11 is 0. The van der Waals surface area contributed by atoms with E-state index < -0.39 is 9.84 Å². The molecule has 0 saturated heterocycles. The van der Waals surface area contributed by atoms with Crippen LogP contribution in [0.25, 0.3) is 10.9 Å². The van der Waals surface area contributed by atoms with Crippen LogP contribution < -0.4 is 0 Å². The number of aromatic nitrogens is 1. The van der Waals surface area contributed by atoms with Crippen LogP contribution in [0.1, 0.15) is 11.3 Å². The van der Waals surface area contributed by atoms with Gasteiger partial charge in [-0.05, 0) is 37.1 Å². The van der Waals surface area contributed by atoms with Crippen LogP contribution in [-0.2, 0) is 16.3 Å². The zero-order chi connectivity index (χ0) is 11.3. The predicted molar refractivity (Wildman–Crippen MR) is 62.2 cm³/mol. The molecule has 0 spiro atoms. The van der Waals surface area contributed by atoms with E-state index in [2.05, 4.69) is 4.98 Å². The highest BCUT2D eigenvalue weighted by atomic mass is 32.2. The molecule has 1 aromatic heterocycles. The van der Waals surface area contributed by atoms with E-state index in [0.717, 1.165) is 22.2 Å². The average Bonchev–Trinajstić information content (AvgIpc) is 2.55. The number of rotatable bonds is 0. The van der Waals surface area contributed by atoms with Crippen molar-refractivity contribution in [1.29, 1.82) is 0 Å². The number of fused-ring (bicyclic) bond motifs is 3. The van der Waals surface area contributed by atoms with Crippen molar-refractivity contribution in [3.8, 4) is 0 Å². The Morgan fingerprint density at radius 1 is 1.19 bits per heavy atom. The molecule has 0 radical (unpaired) electrons. The lowest BCUT2D eigenvalue weighted by Gasteiger charge is -2.04. The SMILES string of the molecule is Cc1ccc2c3c(ccc2n1)CCS3(=O)=O. The van der Waals surface area contributed by atoms with E-state index in [1.807, 2.05) is 31.2 Å². The summed E-state index contributed by atoms with van der Waals surface area (Å²) in [6.45, 7) is 1.90. The summed E-state index contributed by atoms with van der Waals surface area (Å²) in [7, 11) is -3.09. The first-order chi connectivity index (χ1) is 7.58. The van der Waals surface area contributed by atoms with Crippen molar-refractivity contribution in [1.82, 2.24) is 4.98 Å². The van der Waals surface area contributed by atoms with E-state index in [0.29, 0.717) is 11.3 Å². The van der Waals surface area contributed by atoms with Crippen LogP contribution in [0.2, 0.25) is 0 Å². The van der Waals surface area contributed by atoms with Gasteiger partial charge >= 0.3 is 0 Å². The molecular weight excluding hydrogens is 222 g/mol. The maximum atomic E-state index is 11.9. The lowest BCUT2D eigenvalue weighted by atomic mass is 10.1. The first kappa shape index (κ1) is 9.78. The van der Waals surface area contributed by atoms with Crippen LogP contribution in [0, 0.1) is 6.92 Å². The molecule has 2 heterocycles. The number of hydrogen-bond acceptors (Lipinski definition) is 3. The van der Waals surface area contributed by atoms with Gasteiger partial charge in [-0.2, -0.15) is 0 Å². The van der Waals surface area contributed by atoms with Crippen LogP contribution in [-0.4, -0.2) is 19.2 Å². The normalized spacial score (nSPS) is 17.6. The van der Waals surface area contributed by atoms with Gasteiger partial charge in [-0.3, -0.25) is 4.98 Å². The van der Waals surface area contributed by atoms with Gasteiger partial charge in [0.1, 0.15) is 0 Å². The molecule has 0 N–H and O–H groups in total. The van der Waals surface area contributed by atoms with Gasteiger partial charge in [0.15, 0.2) is 9.84 Å². The third-order valence-corrected chi connectivity index (χ3v) is 4.84. The maximum absolute atomic E-state index is 11.9. The highest BCUT2D eigenvalue weighted by Crippen LogP contribution is 2.32. The molecule has 1 aliphatic rings. The minimum Gasteiger partial charge on any atom is -0.253 e. The number of aryl methyl sites for hydroxylation is 2. The molecule has 0 fully saturated rings. The molecule has 16 heavy (non-hydrogen) atoms. The van der Waals surface area contributed by atoms with Crippen LogP contribution in [0.4, 0.5) is 0 Å². The topological polar surface area (TPSA) is 47.0 Å². The molecule has 0 amide bonds. The Labute approximate surface area is 94.0 Å². The number of sulfone groups is 1. The minimum atomic E-state index is -3.09. The van der Waals surface area contributed by atoms with Gasteiger partial charge in [0.2, 0.25) is 0 Å². The first-order valence-electron chi connectivity index (χ1n) is 5.20. The van der Waals surface area contributed by atoms with Gasteiger partial charge < -0.3 is 0 Å². The van der Waals surface area contributed by atoms with Crippen LogP contribution in [0.15, 0.2) is 29.2 Å². The Balaban J connectivity index is 2.50. The Hall–Kier alpha value is -1.42. The van der Waals surface area contributed by atoms with Crippen molar-refractivity contribution >= 4 is 20.7 Å². The fraction of sp³-hybridized carbons (Fsp3) is 0.250. The van der Waals surface area contributed by atoms with Gasteiger partial charge in [0.05, 0.1) is 16.2 Å². The van der Waals surface area contributed by atoms with E-state index >= 15 is 0 Å². The molecule has 3 nitrogen and oxygen atoms in total. The molecule has 82 valence electrons. The Bertz CT molecular complexity index is 689. The molecule has 1 aliphatic heterocycles. The average molecular weight is 233 g/mol. The Morgan fingerprint density at radius 2 is 2.00 bits per heavy atom. The second kappa shape index (κ2) is 3.04. The third-order valence-electron chi connectivity index (χ3n) is 2.99. The van der Waals surface area contributed by atoms with E-state index in [1.54, 1.807) is 0 Å². The van der Waals surface area contributed by atoms with Crippen LogP contribution in [0.3, 0.4) is 0 Å². The first-order valence-corrected chi connectivity index (χ1v) is 6.85. The van der Waals surface area contributed by atoms with E-state index in [-0.39, 0.29) is 5.75 Å². The summed E-state index contributed by atoms with van der Waals surface area (Å²) in [6.07, 6.45) is 0.626. The van der Waals surface area contributed by atoms with E-state index in [4.69, 9.17) is 0 Å². The molecule has 1 aromatic carbocycles. The van der Waals surface area contributed by atoms with E-state index in [9.17, 15) is 8.42 Å². The molecule has 0 atom stereocenters. The Morgan fingerprint density at radius 3 is 2.81 bits per heavy atom. The molecule has 3 rings (SSSR count). The third kappa shape index (κ3) is 1.26. The zero-order valence-electron chi connectivity index (χ0n) is 8.90. The molecule has 4 heteroatoms. The summed E-state index contributed by atoms with van der Waals surface area (Å²) < 4.78 is 23.8. The molecular formula is C12H11NO2S. The predicted octanol–water partition coefficient (Wildman–Crippen LogP) is 1.87. The summed E-state index contributed by atoms with van der Waals surface area (Å²) in [5.41, 5.74) is 2.60. The zero-order valence-corrected chi connectivity index (χ0v) is 9.71. The van der Waals surface area contributed by atoms with Crippen LogP contribution in [0.5, 0.6) is 0 Å². The monoisotopic (exact) mass is 233 g/mol. The second-order valence-electron chi connectivity index (χ2n) is 4.14. The summed E-state index contributed by atoms with van der Waals surface area (Å²) in [6, 6.07) is 7.51. The van der Waals surface area contributed by atoms with Crippen molar-refractivity contribution < 1.29 is 8.42 Å². The molecule has 0 bridgehead atoms. The van der Waals surface area contributed by atoms with Crippen molar-refractivity contribution in [2.75, 3.05) is 5.75 Å².